The van der Waals surface area contributed by atoms with Crippen molar-refractivity contribution in [2.45, 2.75) is 94.4 Å². The van der Waals surface area contributed by atoms with Crippen molar-refractivity contribution in [2.24, 2.45) is 9.98 Å². The Labute approximate surface area is 471 Å². The zero-order valence-corrected chi connectivity index (χ0v) is 48.9. The van der Waals surface area contributed by atoms with Crippen LogP contribution >= 0.6 is 43.2 Å². The highest BCUT2D eigenvalue weighted by molar-refractivity contribution is 8.77. The topological polar surface area (TPSA) is 226 Å². The van der Waals surface area contributed by atoms with Gasteiger partial charge in [0.1, 0.15) is 6.61 Å². The standard InChI is InChI=1S/C31H33N3O4S2.C24H27N3O4S2.CH4O3S/c1-31(2,40-39-4)13-12-29(35)33-22-11-10-21-14-23-18-32-25-17-28(38-19-20-8-6-5-7-9-20)27(37-3)16-24(25)30(36)34(23)26(21)15-22;1-24(2,33-32-4)8-7-22(29)26-15-6-5-14-9-16-13-25-18-12-20(28)21(31-3)11-17(18)23(30)27(16)19(14)10-15;1-5(2,3)4/h5-11,15-18,23H,12-14,19H2,1-4H3,(H,33,35);5-6,10-13,16,28H,7-9H2,1-4H3,(H,26,29);1H3,(H,2,3,4)/t23-;16-;/m00./s1. The van der Waals surface area contributed by atoms with Gasteiger partial charge in [0.2, 0.25) is 11.8 Å². The molecule has 78 heavy (non-hydrogen) atoms. The summed E-state index contributed by atoms with van der Waals surface area (Å²) >= 11 is 0. The maximum absolute atomic E-state index is 13.9. The quantitative estimate of drug-likeness (QED) is 0.0502. The van der Waals surface area contributed by atoms with Gasteiger partial charge in [-0.05, 0) is 106 Å². The minimum absolute atomic E-state index is 0.0145. The van der Waals surface area contributed by atoms with Gasteiger partial charge in [-0.1, -0.05) is 85.6 Å². The first-order chi connectivity index (χ1) is 37.0. The van der Waals surface area contributed by atoms with Crippen LogP contribution in [0.3, 0.4) is 0 Å². The number of carbonyl (C=O) groups excluding carboxylic acids is 4. The normalized spacial score (nSPS) is 15.8. The van der Waals surface area contributed by atoms with E-state index in [1.165, 1.54) is 19.2 Å². The molecule has 4 aliphatic rings. The summed E-state index contributed by atoms with van der Waals surface area (Å²) in [5.41, 5.74) is 7.72. The van der Waals surface area contributed by atoms with Crippen LogP contribution in [-0.4, -0.2) is 109 Å². The van der Waals surface area contributed by atoms with E-state index in [4.69, 9.17) is 23.8 Å². The number of nitrogens with one attached hydrogen (secondary N) is 2. The molecule has 0 saturated carbocycles. The molecule has 17 nitrogen and oxygen atoms in total. The molecule has 0 saturated heterocycles. The molecule has 0 aromatic heterocycles. The van der Waals surface area contributed by atoms with Gasteiger partial charge in [0.05, 0.1) is 66.4 Å². The fourth-order valence-corrected chi connectivity index (χ4v) is 13.5. The SMILES string of the molecule is COc1cc2c(cc1O)N=C[C@@H]1Cc3ccc(NC(=O)CCC(C)(C)SSC)cc3N1C2=O.COc1cc2c(cc1OCc1ccccc1)N=C[C@@H]1Cc3ccc(NC(=O)CCC(C)(C)SSC)cc3N1C2=O.CS(=O)(=O)O. The molecule has 2 atom stereocenters. The van der Waals surface area contributed by atoms with Crippen LogP contribution in [0.2, 0.25) is 0 Å². The Morgan fingerprint density at radius 2 is 1.13 bits per heavy atom. The summed E-state index contributed by atoms with van der Waals surface area (Å²) in [6.07, 6.45) is 12.0. The molecule has 4 amide bonds. The highest BCUT2D eigenvalue weighted by Gasteiger charge is 2.39. The maximum Gasteiger partial charge on any atom is 0.261 e. The van der Waals surface area contributed by atoms with Crippen molar-refractivity contribution in [1.82, 2.24) is 0 Å². The van der Waals surface area contributed by atoms with Crippen LogP contribution < -0.4 is 34.6 Å². The molecule has 4 heterocycles. The molecule has 4 N–H and O–H groups in total. The molecule has 22 heteroatoms. The lowest BCUT2D eigenvalue weighted by molar-refractivity contribution is -0.117. The summed E-state index contributed by atoms with van der Waals surface area (Å²) in [4.78, 5) is 65.3. The Kier molecular flexibility index (Phi) is 19.6. The largest absolute Gasteiger partial charge is 0.504 e. The number of phenolic OH excluding ortho intramolecular Hbond substituents is 1. The fraction of sp³-hybridized carbons (Fsp3) is 0.357. The Morgan fingerprint density at radius 1 is 0.679 bits per heavy atom. The average molecular weight is 1160 g/mol. The maximum atomic E-state index is 13.9. The number of nitrogens with zero attached hydrogens (tertiary/aromatic N) is 4. The van der Waals surface area contributed by atoms with Gasteiger partial charge in [-0.3, -0.25) is 43.5 Å². The number of amides is 4. The van der Waals surface area contributed by atoms with Crippen molar-refractivity contribution in [1.29, 1.82) is 0 Å². The summed E-state index contributed by atoms with van der Waals surface area (Å²) in [5, 5.41) is 16.1. The molecular formula is C56H64N6O11S5. The van der Waals surface area contributed by atoms with Crippen LogP contribution in [-0.2, 0) is 39.2 Å². The Balaban J connectivity index is 0.000000211. The molecule has 0 aliphatic carbocycles. The van der Waals surface area contributed by atoms with Crippen molar-refractivity contribution < 1.29 is 51.5 Å². The molecule has 0 bridgehead atoms. The monoisotopic (exact) mass is 1160 g/mol. The molecule has 0 fully saturated rings. The number of methoxy groups -OCH3 is 2. The van der Waals surface area contributed by atoms with Crippen LogP contribution in [0.1, 0.15) is 90.8 Å². The van der Waals surface area contributed by atoms with Crippen molar-refractivity contribution in [3.8, 4) is 23.0 Å². The lowest BCUT2D eigenvalue weighted by Crippen LogP contribution is -2.37. The van der Waals surface area contributed by atoms with Gasteiger partial charge in [0, 0.05) is 71.1 Å². The molecule has 0 radical (unpaired) electrons. The van der Waals surface area contributed by atoms with Crippen LogP contribution in [0.15, 0.2) is 101 Å². The Hall–Kier alpha value is -6.17. The summed E-state index contributed by atoms with van der Waals surface area (Å²) in [5.74, 6) is 0.694. The number of carbonyl (C=O) groups is 4. The van der Waals surface area contributed by atoms with E-state index < -0.39 is 10.1 Å². The minimum Gasteiger partial charge on any atom is -0.504 e. The van der Waals surface area contributed by atoms with Crippen LogP contribution in [0, 0.1) is 0 Å². The average Bonchev–Trinajstić information content (AvgIpc) is 4.07. The van der Waals surface area contributed by atoms with E-state index >= 15 is 0 Å². The fourth-order valence-electron chi connectivity index (χ4n) is 9.06. The number of hydrogen-bond acceptors (Lipinski definition) is 16. The number of benzene rings is 5. The van der Waals surface area contributed by atoms with E-state index in [-0.39, 0.29) is 56.7 Å². The van der Waals surface area contributed by atoms with Crippen molar-refractivity contribution in [2.75, 3.05) is 53.4 Å². The highest BCUT2D eigenvalue weighted by Crippen LogP contribution is 2.44. The Bertz CT molecular complexity index is 3220. The number of phenols is 1. The van der Waals surface area contributed by atoms with Gasteiger partial charge in [-0.25, -0.2) is 0 Å². The predicted molar refractivity (Wildman–Crippen MR) is 320 cm³/mol. The smallest absolute Gasteiger partial charge is 0.261 e. The van der Waals surface area contributed by atoms with Crippen molar-refractivity contribution in [3.05, 3.63) is 119 Å². The first-order valence-electron chi connectivity index (χ1n) is 24.8. The van der Waals surface area contributed by atoms with Gasteiger partial charge in [-0.15, -0.1) is 0 Å². The van der Waals surface area contributed by atoms with Crippen LogP contribution in [0.25, 0.3) is 0 Å². The second kappa shape index (κ2) is 25.7. The third-order valence-corrected chi connectivity index (χ3v) is 18.1. The zero-order chi connectivity index (χ0) is 56.5. The van der Waals surface area contributed by atoms with Gasteiger partial charge in [-0.2, -0.15) is 8.42 Å². The van der Waals surface area contributed by atoms with Crippen LogP contribution in [0.5, 0.6) is 23.0 Å². The Morgan fingerprint density at radius 3 is 1.58 bits per heavy atom. The van der Waals surface area contributed by atoms with Gasteiger partial charge >= 0.3 is 0 Å². The molecular weight excluding hydrogens is 1090 g/mol. The summed E-state index contributed by atoms with van der Waals surface area (Å²) in [6.45, 7) is 8.94. The number of aliphatic imine (C=N–C) groups is 2. The molecule has 0 spiro atoms. The van der Waals surface area contributed by atoms with E-state index in [0.29, 0.717) is 83.9 Å². The van der Waals surface area contributed by atoms with E-state index in [9.17, 15) is 32.7 Å². The number of aromatic hydroxyl groups is 1. The van der Waals surface area contributed by atoms with E-state index in [0.717, 1.165) is 40.9 Å². The highest BCUT2D eigenvalue weighted by atomic mass is 33.1. The summed E-state index contributed by atoms with van der Waals surface area (Å²) in [7, 11) is 6.29. The number of fused-ring (bicyclic) bond motifs is 8. The second-order valence-electron chi connectivity index (χ2n) is 19.8. The minimum atomic E-state index is -3.67. The number of rotatable bonds is 17. The van der Waals surface area contributed by atoms with Crippen molar-refractivity contribution >= 4 is 123 Å². The third kappa shape index (κ3) is 15.3. The molecule has 4 aliphatic heterocycles. The van der Waals surface area contributed by atoms with Crippen molar-refractivity contribution in [3.63, 3.8) is 0 Å². The summed E-state index contributed by atoms with van der Waals surface area (Å²) < 4.78 is 42.7. The second-order valence-corrected chi connectivity index (χ2v) is 27.5. The van der Waals surface area contributed by atoms with E-state index in [1.54, 1.807) is 78.4 Å². The molecule has 5 aromatic rings. The summed E-state index contributed by atoms with van der Waals surface area (Å²) in [6, 6.07) is 27.3. The van der Waals surface area contributed by atoms with Crippen LogP contribution in [0.4, 0.5) is 34.1 Å². The lowest BCUT2D eigenvalue weighted by Gasteiger charge is -2.23. The number of hydrogen-bond donors (Lipinski definition) is 4. The number of anilines is 4. The lowest BCUT2D eigenvalue weighted by atomic mass is 10.1. The third-order valence-electron chi connectivity index (χ3n) is 12.8. The van der Waals surface area contributed by atoms with Gasteiger partial charge in [0.25, 0.3) is 21.9 Å². The molecule has 5 aromatic carbocycles. The zero-order valence-electron chi connectivity index (χ0n) is 44.8. The molecule has 9 rings (SSSR count). The van der Waals surface area contributed by atoms with Gasteiger partial charge < -0.3 is 30.0 Å². The predicted octanol–water partition coefficient (Wildman–Crippen LogP) is 11.8. The molecule has 0 unspecified atom stereocenters. The number of ether oxygens (including phenoxy) is 3. The van der Waals surface area contributed by atoms with E-state index in [2.05, 4.69) is 43.3 Å². The first kappa shape index (κ1) is 59.5. The molecule has 414 valence electrons. The first-order valence-corrected chi connectivity index (χ1v) is 31.7. The van der Waals surface area contributed by atoms with Gasteiger partial charge in [0.15, 0.2) is 23.0 Å². The van der Waals surface area contributed by atoms with E-state index in [1.807, 2.05) is 85.5 Å².